The summed E-state index contributed by atoms with van der Waals surface area (Å²) >= 11 is 0. The number of likely N-dealkylation sites (tertiary alicyclic amines) is 1. The minimum Gasteiger partial charge on any atom is -0.504 e. The summed E-state index contributed by atoms with van der Waals surface area (Å²) in [6, 6.07) is 4.33. The second kappa shape index (κ2) is 6.22. The molecule has 0 aromatic heterocycles. The molecule has 2 N–H and O–H groups in total. The predicted octanol–water partition coefficient (Wildman–Crippen LogP) is 4.19. The summed E-state index contributed by atoms with van der Waals surface area (Å²) in [5.41, 5.74) is 0.165. The van der Waals surface area contributed by atoms with E-state index in [1.54, 1.807) is 7.11 Å². The van der Waals surface area contributed by atoms with Crippen LogP contribution in [0.4, 0.5) is 0 Å². The fourth-order valence-electron chi connectivity index (χ4n) is 8.94. The van der Waals surface area contributed by atoms with E-state index in [2.05, 4.69) is 43.9 Å². The molecule has 0 radical (unpaired) electrons. The third kappa shape index (κ3) is 2.20. The van der Waals surface area contributed by atoms with Gasteiger partial charge in [-0.2, -0.15) is 0 Å². The monoisotopic (exact) mass is 465 g/mol. The second-order valence-electron chi connectivity index (χ2n) is 13.4. The number of hydrogen-bond donors (Lipinski definition) is 2. The van der Waals surface area contributed by atoms with Crippen LogP contribution < -0.4 is 4.74 Å². The number of fused-ring (bicyclic) bond motifs is 1. The van der Waals surface area contributed by atoms with Gasteiger partial charge in [-0.25, -0.2) is 0 Å². The van der Waals surface area contributed by atoms with Crippen LogP contribution in [0.2, 0.25) is 0 Å². The summed E-state index contributed by atoms with van der Waals surface area (Å²) in [5.74, 6) is 1.62. The zero-order chi connectivity index (χ0) is 23.9. The van der Waals surface area contributed by atoms with Crippen molar-refractivity contribution in [2.24, 2.45) is 22.7 Å². The van der Waals surface area contributed by atoms with Gasteiger partial charge in [0.2, 0.25) is 0 Å². The van der Waals surface area contributed by atoms with Gasteiger partial charge in [-0.05, 0) is 68.5 Å². The zero-order valence-electron chi connectivity index (χ0n) is 21.2. The van der Waals surface area contributed by atoms with Crippen molar-refractivity contribution in [1.82, 2.24) is 4.90 Å². The number of phenols is 1. The highest BCUT2D eigenvalue weighted by molar-refractivity contribution is 5.65. The molecule has 1 aromatic rings. The Morgan fingerprint density at radius 3 is 2.62 bits per heavy atom. The molecule has 5 heteroatoms. The van der Waals surface area contributed by atoms with Gasteiger partial charge in [0.15, 0.2) is 11.5 Å². The van der Waals surface area contributed by atoms with Crippen molar-refractivity contribution in [2.45, 2.75) is 88.6 Å². The fraction of sp³-hybridized carbons (Fsp3) is 0.724. The summed E-state index contributed by atoms with van der Waals surface area (Å²) in [7, 11) is 1.78. The maximum Gasteiger partial charge on any atom is 0.165 e. The molecule has 1 aromatic carbocycles. The minimum absolute atomic E-state index is 0.116. The molecule has 2 saturated carbocycles. The number of nitrogens with zero attached hydrogens (tertiary/aromatic N) is 1. The van der Waals surface area contributed by atoms with Crippen LogP contribution in [0.15, 0.2) is 24.3 Å². The lowest BCUT2D eigenvalue weighted by atomic mass is 9.35. The van der Waals surface area contributed by atoms with Gasteiger partial charge in [0.25, 0.3) is 0 Å². The molecule has 34 heavy (non-hydrogen) atoms. The van der Waals surface area contributed by atoms with Gasteiger partial charge in [0.1, 0.15) is 11.7 Å². The lowest BCUT2D eigenvalue weighted by molar-refractivity contribution is -0.263. The van der Waals surface area contributed by atoms with E-state index in [0.29, 0.717) is 11.8 Å². The van der Waals surface area contributed by atoms with Crippen LogP contribution in [0.5, 0.6) is 11.5 Å². The summed E-state index contributed by atoms with van der Waals surface area (Å²) in [4.78, 5) is 2.77. The molecule has 3 unspecified atom stereocenters. The average Bonchev–Trinajstić information content (AvgIpc) is 3.53. The van der Waals surface area contributed by atoms with Gasteiger partial charge in [-0.3, -0.25) is 4.90 Å². The van der Waals surface area contributed by atoms with Crippen LogP contribution in [0, 0.1) is 22.7 Å². The first-order valence-electron chi connectivity index (χ1n) is 13.3. The van der Waals surface area contributed by atoms with Crippen LogP contribution in [0.25, 0.3) is 0 Å². The molecule has 7 atom stereocenters. The highest BCUT2D eigenvalue weighted by Gasteiger charge is 2.81. The average molecular weight is 466 g/mol. The normalized spacial score (nSPS) is 43.4. The molecule has 5 nitrogen and oxygen atoms in total. The van der Waals surface area contributed by atoms with Gasteiger partial charge >= 0.3 is 0 Å². The van der Waals surface area contributed by atoms with Crippen molar-refractivity contribution < 1.29 is 19.7 Å². The number of ether oxygens (including phenoxy) is 2. The summed E-state index contributed by atoms with van der Waals surface area (Å²) in [6.07, 6.45) is 10.0. The number of rotatable bonds is 4. The van der Waals surface area contributed by atoms with Crippen molar-refractivity contribution in [3.05, 3.63) is 35.4 Å². The minimum atomic E-state index is -0.960. The Morgan fingerprint density at radius 2 is 1.94 bits per heavy atom. The standard InChI is InChI=1S/C29H39NO4/c1-25(2,3)26(4,32)20-15-27-10-11-29(20,33-5)24-28(27)12-13-30(16-17-6-7-17)21(27)14-18-8-9-19(31)23(34-24)22(18)28/h8-11,17,20-21,24,31-32H,6-7,12-16H2,1-5H3/t20?,21-,24?,26?,27-,28+,29-/m1/s1. The lowest BCUT2D eigenvalue weighted by Gasteiger charge is -2.73. The highest BCUT2D eigenvalue weighted by Crippen LogP contribution is 2.76. The van der Waals surface area contributed by atoms with Crippen molar-refractivity contribution in [3.63, 3.8) is 0 Å². The Morgan fingerprint density at radius 1 is 1.18 bits per heavy atom. The van der Waals surface area contributed by atoms with E-state index in [9.17, 15) is 10.2 Å². The highest BCUT2D eigenvalue weighted by atomic mass is 16.6. The molecule has 2 aliphatic heterocycles. The summed E-state index contributed by atoms with van der Waals surface area (Å²) in [6.45, 7) is 10.6. The first-order chi connectivity index (χ1) is 16.0. The molecule has 184 valence electrons. The molecule has 8 rings (SSSR count). The Kier molecular flexibility index (Phi) is 3.97. The Labute approximate surface area is 203 Å². The zero-order valence-corrected chi connectivity index (χ0v) is 21.2. The lowest BCUT2D eigenvalue weighted by Crippen LogP contribution is -2.81. The van der Waals surface area contributed by atoms with Gasteiger partial charge < -0.3 is 19.7 Å². The molecule has 4 bridgehead atoms. The van der Waals surface area contributed by atoms with Crippen LogP contribution >= 0.6 is 0 Å². The maximum absolute atomic E-state index is 12.2. The van der Waals surface area contributed by atoms with Crippen molar-refractivity contribution in [2.75, 3.05) is 20.2 Å². The topological polar surface area (TPSA) is 62.2 Å². The van der Waals surface area contributed by atoms with Gasteiger partial charge in [-0.1, -0.05) is 39.0 Å². The van der Waals surface area contributed by atoms with E-state index in [4.69, 9.17) is 9.47 Å². The quantitative estimate of drug-likeness (QED) is 0.653. The Balaban J connectivity index is 1.49. The van der Waals surface area contributed by atoms with Crippen LogP contribution in [0.3, 0.4) is 0 Å². The number of aromatic hydroxyl groups is 1. The number of methoxy groups -OCH3 is 1. The molecule has 5 aliphatic carbocycles. The molecule has 7 aliphatic rings. The largest absolute Gasteiger partial charge is 0.504 e. The smallest absolute Gasteiger partial charge is 0.165 e. The predicted molar refractivity (Wildman–Crippen MR) is 130 cm³/mol. The Bertz CT molecular complexity index is 1100. The van der Waals surface area contributed by atoms with Crippen LogP contribution in [0.1, 0.15) is 64.5 Å². The van der Waals surface area contributed by atoms with E-state index in [-0.39, 0.29) is 34.0 Å². The van der Waals surface area contributed by atoms with Gasteiger partial charge in [-0.15, -0.1) is 0 Å². The van der Waals surface area contributed by atoms with E-state index >= 15 is 0 Å². The number of piperidine rings is 1. The van der Waals surface area contributed by atoms with E-state index < -0.39 is 11.2 Å². The van der Waals surface area contributed by atoms with Crippen molar-refractivity contribution >= 4 is 0 Å². The van der Waals surface area contributed by atoms with E-state index in [0.717, 1.165) is 31.7 Å². The number of aliphatic hydroxyl groups is 1. The van der Waals surface area contributed by atoms with E-state index in [1.807, 2.05) is 13.0 Å². The first kappa shape index (κ1) is 21.7. The molecule has 1 saturated heterocycles. The Hall–Kier alpha value is -1.56. The van der Waals surface area contributed by atoms with Gasteiger partial charge in [0, 0.05) is 36.6 Å². The van der Waals surface area contributed by atoms with Crippen LogP contribution in [-0.4, -0.2) is 58.7 Å². The molecule has 2 heterocycles. The van der Waals surface area contributed by atoms with E-state index in [1.165, 1.54) is 30.5 Å². The number of benzene rings is 1. The summed E-state index contributed by atoms with van der Waals surface area (Å²) < 4.78 is 13.3. The van der Waals surface area contributed by atoms with Gasteiger partial charge in [0.05, 0.1) is 11.0 Å². The molecular formula is C29H39NO4. The molecular weight excluding hydrogens is 426 g/mol. The first-order valence-corrected chi connectivity index (χ1v) is 13.3. The molecule has 2 spiro atoms. The third-order valence-electron chi connectivity index (χ3n) is 11.3. The summed E-state index contributed by atoms with van der Waals surface area (Å²) in [5, 5.41) is 23.1. The molecule has 3 fully saturated rings. The number of phenolic OH excluding ortho intramolecular Hbond substituents is 1. The SMILES string of the molecule is CO[C@]12C=C[C@@]3(CC1C(C)(O)C(C)(C)C)[C@H]1Cc4ccc(O)c5c4[C@@]3(CCN1CC1CC1)C2O5. The fourth-order valence-corrected chi connectivity index (χ4v) is 8.94. The van der Waals surface area contributed by atoms with Crippen molar-refractivity contribution in [3.8, 4) is 11.5 Å². The third-order valence-corrected chi connectivity index (χ3v) is 11.3. The maximum atomic E-state index is 12.2. The number of hydrogen-bond acceptors (Lipinski definition) is 5. The second-order valence-corrected chi connectivity index (χ2v) is 13.4. The van der Waals surface area contributed by atoms with Crippen molar-refractivity contribution in [1.29, 1.82) is 0 Å². The molecule has 0 amide bonds. The van der Waals surface area contributed by atoms with Crippen LogP contribution in [-0.2, 0) is 16.6 Å².